The van der Waals surface area contributed by atoms with Gasteiger partial charge in [-0.15, -0.1) is 0 Å². The number of nitrogens with zero attached hydrogens (tertiary/aromatic N) is 1. The highest BCUT2D eigenvalue weighted by Crippen LogP contribution is 2.23. The number of hydrogen-bond donors (Lipinski definition) is 1. The van der Waals surface area contributed by atoms with E-state index in [0.717, 1.165) is 0 Å². The summed E-state index contributed by atoms with van der Waals surface area (Å²) in [5.74, 6) is 0.243. The van der Waals surface area contributed by atoms with Crippen molar-refractivity contribution in [1.29, 1.82) is 0 Å². The van der Waals surface area contributed by atoms with Gasteiger partial charge in [0.15, 0.2) is 0 Å². The van der Waals surface area contributed by atoms with E-state index in [4.69, 9.17) is 0 Å². The van der Waals surface area contributed by atoms with E-state index in [1.807, 2.05) is 20.8 Å². The molecule has 5 heteroatoms. The Kier molecular flexibility index (Phi) is 4.27. The van der Waals surface area contributed by atoms with Crippen molar-refractivity contribution in [3.63, 3.8) is 0 Å². The zero-order valence-corrected chi connectivity index (χ0v) is 12.2. The van der Waals surface area contributed by atoms with E-state index in [2.05, 4.69) is 0 Å². The number of aromatic hydroxyl groups is 1. The van der Waals surface area contributed by atoms with Gasteiger partial charge < -0.3 is 5.11 Å². The van der Waals surface area contributed by atoms with Crippen molar-refractivity contribution in [2.24, 2.45) is 5.41 Å². The summed E-state index contributed by atoms with van der Waals surface area (Å²) in [6.07, 6.45) is 0.609. The molecule has 4 nitrogen and oxygen atoms in total. The number of benzene rings is 1. The van der Waals surface area contributed by atoms with Crippen LogP contribution >= 0.6 is 0 Å². The molecule has 1 N–H and O–H groups in total. The molecule has 0 aromatic heterocycles. The molecule has 1 aromatic carbocycles. The maximum absolute atomic E-state index is 12.1. The number of phenolic OH excluding ortho intramolecular Hbond substituents is 1. The molecule has 0 atom stereocenters. The lowest BCUT2D eigenvalue weighted by molar-refractivity contribution is 0.397. The van der Waals surface area contributed by atoms with Gasteiger partial charge in [0, 0.05) is 7.05 Å². The van der Waals surface area contributed by atoms with Crippen molar-refractivity contribution < 1.29 is 13.5 Å². The van der Waals surface area contributed by atoms with Crippen LogP contribution in [-0.2, 0) is 10.0 Å². The summed E-state index contributed by atoms with van der Waals surface area (Å²) in [6, 6.07) is 6.13. The van der Waals surface area contributed by atoms with Crippen molar-refractivity contribution in [3.05, 3.63) is 24.3 Å². The molecule has 0 aliphatic heterocycles. The topological polar surface area (TPSA) is 57.6 Å². The Morgan fingerprint density at radius 1 is 1.17 bits per heavy atom. The Morgan fingerprint density at radius 3 is 2.11 bits per heavy atom. The molecule has 0 heterocycles. The maximum atomic E-state index is 12.1. The summed E-state index contributed by atoms with van der Waals surface area (Å²) >= 11 is 0. The number of hydrogen-bond acceptors (Lipinski definition) is 3. The highest BCUT2D eigenvalue weighted by molar-refractivity contribution is 7.92. The van der Waals surface area contributed by atoms with Crippen LogP contribution in [0, 0.1) is 5.41 Å². The van der Waals surface area contributed by atoms with Crippen molar-refractivity contribution in [2.45, 2.75) is 27.2 Å². The van der Waals surface area contributed by atoms with Crippen LogP contribution in [0.25, 0.3) is 0 Å². The van der Waals surface area contributed by atoms with Crippen LogP contribution in [0.3, 0.4) is 0 Å². The van der Waals surface area contributed by atoms with Crippen molar-refractivity contribution in [2.75, 3.05) is 17.1 Å². The third kappa shape index (κ3) is 4.22. The van der Waals surface area contributed by atoms with Gasteiger partial charge in [0.25, 0.3) is 0 Å². The Bertz CT molecular complexity index is 486. The molecule has 0 aliphatic rings. The third-order valence-corrected chi connectivity index (χ3v) is 4.51. The predicted octanol–water partition coefficient (Wildman–Crippen LogP) is 2.59. The molecule has 0 radical (unpaired) electrons. The molecule has 1 aromatic rings. The number of anilines is 1. The molecule has 0 bridgehead atoms. The molecular formula is C13H21NO3S. The average Bonchev–Trinajstić information content (AvgIpc) is 2.26. The largest absolute Gasteiger partial charge is 0.508 e. The summed E-state index contributed by atoms with van der Waals surface area (Å²) in [5.41, 5.74) is 0.546. The van der Waals surface area contributed by atoms with Crippen LogP contribution in [0.5, 0.6) is 5.75 Å². The lowest BCUT2D eigenvalue weighted by atomic mass is 9.94. The van der Waals surface area contributed by atoms with Gasteiger partial charge in [0.1, 0.15) is 5.75 Å². The SMILES string of the molecule is CN(c1ccc(O)cc1)S(=O)(=O)CCC(C)(C)C. The van der Waals surface area contributed by atoms with Crippen molar-refractivity contribution in [1.82, 2.24) is 0 Å². The zero-order valence-electron chi connectivity index (χ0n) is 11.3. The lowest BCUT2D eigenvalue weighted by Gasteiger charge is -2.23. The summed E-state index contributed by atoms with van der Waals surface area (Å²) in [6.45, 7) is 6.05. The molecule has 0 aliphatic carbocycles. The smallest absolute Gasteiger partial charge is 0.234 e. The Labute approximate surface area is 109 Å². The first kappa shape index (κ1) is 14.8. The van der Waals surface area contributed by atoms with Crippen molar-refractivity contribution >= 4 is 15.7 Å². The van der Waals surface area contributed by atoms with Crippen LogP contribution in [-0.4, -0.2) is 26.3 Å². The summed E-state index contributed by atoms with van der Waals surface area (Å²) < 4.78 is 25.5. The first-order valence-corrected chi connectivity index (χ1v) is 7.48. The second-order valence-electron chi connectivity index (χ2n) is 5.61. The second kappa shape index (κ2) is 5.18. The Hall–Kier alpha value is -1.23. The molecular weight excluding hydrogens is 250 g/mol. The molecule has 0 saturated carbocycles. The van der Waals surface area contributed by atoms with Gasteiger partial charge >= 0.3 is 0 Å². The molecule has 18 heavy (non-hydrogen) atoms. The molecule has 102 valence electrons. The summed E-state index contributed by atoms with van der Waals surface area (Å²) in [7, 11) is -1.78. The van der Waals surface area contributed by atoms with E-state index in [0.29, 0.717) is 12.1 Å². The van der Waals surface area contributed by atoms with Gasteiger partial charge in [-0.25, -0.2) is 8.42 Å². The first-order valence-electron chi connectivity index (χ1n) is 5.87. The number of rotatable bonds is 4. The Balaban J connectivity index is 2.82. The van der Waals surface area contributed by atoms with Gasteiger partial charge in [-0.3, -0.25) is 4.31 Å². The summed E-state index contributed by atoms with van der Waals surface area (Å²) in [5, 5.41) is 9.18. The molecule has 0 fully saturated rings. The molecule has 1 rings (SSSR count). The fraction of sp³-hybridized carbons (Fsp3) is 0.538. The van der Waals surface area contributed by atoms with Gasteiger partial charge in [0.05, 0.1) is 11.4 Å². The first-order chi connectivity index (χ1) is 8.12. The van der Waals surface area contributed by atoms with Gasteiger partial charge in [0.2, 0.25) is 10.0 Å². The highest BCUT2D eigenvalue weighted by Gasteiger charge is 2.21. The van der Waals surface area contributed by atoms with Gasteiger partial charge in [-0.05, 0) is 36.1 Å². The van der Waals surface area contributed by atoms with Gasteiger partial charge in [-0.2, -0.15) is 0 Å². The lowest BCUT2D eigenvalue weighted by Crippen LogP contribution is -2.30. The standard InChI is InChI=1S/C13H21NO3S/c1-13(2,3)9-10-18(16,17)14(4)11-5-7-12(15)8-6-11/h5-8,15H,9-10H2,1-4H3. The summed E-state index contributed by atoms with van der Waals surface area (Å²) in [4.78, 5) is 0. The minimum absolute atomic E-state index is 0.0110. The molecule has 0 unspecified atom stereocenters. The fourth-order valence-corrected chi connectivity index (χ4v) is 2.98. The molecule has 0 saturated heterocycles. The average molecular weight is 271 g/mol. The van der Waals surface area contributed by atoms with Crippen LogP contribution in [0.15, 0.2) is 24.3 Å². The Morgan fingerprint density at radius 2 is 1.67 bits per heavy atom. The minimum atomic E-state index is -3.31. The van der Waals surface area contributed by atoms with Crippen LogP contribution in [0.1, 0.15) is 27.2 Å². The van der Waals surface area contributed by atoms with E-state index < -0.39 is 10.0 Å². The molecule has 0 amide bonds. The monoisotopic (exact) mass is 271 g/mol. The van der Waals surface area contributed by atoms with E-state index in [-0.39, 0.29) is 16.9 Å². The zero-order chi connectivity index (χ0) is 14.0. The van der Waals surface area contributed by atoms with Crippen LogP contribution in [0.4, 0.5) is 5.69 Å². The predicted molar refractivity (Wildman–Crippen MR) is 74.4 cm³/mol. The minimum Gasteiger partial charge on any atom is -0.508 e. The second-order valence-corrected chi connectivity index (χ2v) is 7.73. The van der Waals surface area contributed by atoms with Crippen LogP contribution < -0.4 is 4.31 Å². The van der Waals surface area contributed by atoms with E-state index >= 15 is 0 Å². The fourth-order valence-electron chi connectivity index (χ4n) is 1.40. The van der Waals surface area contributed by atoms with E-state index in [1.165, 1.54) is 23.5 Å². The maximum Gasteiger partial charge on any atom is 0.234 e. The van der Waals surface area contributed by atoms with E-state index in [9.17, 15) is 13.5 Å². The van der Waals surface area contributed by atoms with Crippen molar-refractivity contribution in [3.8, 4) is 5.75 Å². The number of sulfonamides is 1. The third-order valence-electron chi connectivity index (χ3n) is 2.74. The highest BCUT2D eigenvalue weighted by atomic mass is 32.2. The normalized spacial score (nSPS) is 12.4. The molecule has 0 spiro atoms. The van der Waals surface area contributed by atoms with E-state index in [1.54, 1.807) is 12.1 Å². The van der Waals surface area contributed by atoms with Gasteiger partial charge in [-0.1, -0.05) is 20.8 Å². The van der Waals surface area contributed by atoms with Crippen LogP contribution in [0.2, 0.25) is 0 Å². The quantitative estimate of drug-likeness (QED) is 0.915. The number of phenols is 1.